The molecule has 7 nitrogen and oxygen atoms in total. The van der Waals surface area contributed by atoms with Crippen molar-refractivity contribution in [3.05, 3.63) is 101 Å². The summed E-state index contributed by atoms with van der Waals surface area (Å²) in [5.41, 5.74) is 2.43. The summed E-state index contributed by atoms with van der Waals surface area (Å²) in [5, 5.41) is 0.645. The molecule has 1 unspecified atom stereocenters. The van der Waals surface area contributed by atoms with Gasteiger partial charge in [-0.25, -0.2) is 4.79 Å². The summed E-state index contributed by atoms with van der Waals surface area (Å²) in [5.74, 6) is -0.280. The SMILES string of the molecule is COC(=O)c1c[nH]c2ccc(C3(Cc4cccc(OC)c4)CC(=O)N(Cc4ccccc4)C3=O)cc12. The van der Waals surface area contributed by atoms with E-state index in [9.17, 15) is 14.4 Å². The van der Waals surface area contributed by atoms with Gasteiger partial charge in [0.1, 0.15) is 5.75 Å². The van der Waals surface area contributed by atoms with Gasteiger partial charge in [-0.1, -0.05) is 48.5 Å². The van der Waals surface area contributed by atoms with Crippen molar-refractivity contribution in [1.29, 1.82) is 0 Å². The van der Waals surface area contributed by atoms with Crippen molar-refractivity contribution >= 4 is 28.7 Å². The number of aromatic nitrogens is 1. The van der Waals surface area contributed by atoms with Crippen LogP contribution < -0.4 is 4.74 Å². The van der Waals surface area contributed by atoms with Gasteiger partial charge in [-0.05, 0) is 47.4 Å². The van der Waals surface area contributed by atoms with Crippen LogP contribution in [0.2, 0.25) is 0 Å². The van der Waals surface area contributed by atoms with Crippen molar-refractivity contribution in [2.24, 2.45) is 0 Å². The zero-order valence-corrected chi connectivity index (χ0v) is 20.1. The van der Waals surface area contributed by atoms with Crippen molar-refractivity contribution in [1.82, 2.24) is 9.88 Å². The molecule has 2 amide bonds. The van der Waals surface area contributed by atoms with Gasteiger partial charge >= 0.3 is 5.97 Å². The quantitative estimate of drug-likeness (QED) is 0.312. The van der Waals surface area contributed by atoms with Gasteiger partial charge < -0.3 is 14.5 Å². The molecular weight excluding hydrogens is 456 g/mol. The van der Waals surface area contributed by atoms with Crippen molar-refractivity contribution < 1.29 is 23.9 Å². The average molecular weight is 483 g/mol. The van der Waals surface area contributed by atoms with Gasteiger partial charge in [-0.2, -0.15) is 0 Å². The maximum atomic E-state index is 14.1. The predicted octanol–water partition coefficient (Wildman–Crippen LogP) is 4.40. The molecule has 0 aliphatic carbocycles. The van der Waals surface area contributed by atoms with Gasteiger partial charge in [-0.15, -0.1) is 0 Å². The summed E-state index contributed by atoms with van der Waals surface area (Å²) in [7, 11) is 2.92. The van der Waals surface area contributed by atoms with E-state index in [1.807, 2.05) is 72.8 Å². The Balaban J connectivity index is 1.63. The Hall–Kier alpha value is -4.39. The summed E-state index contributed by atoms with van der Waals surface area (Å²) in [6.45, 7) is 0.207. The van der Waals surface area contributed by atoms with Crippen molar-refractivity contribution in [2.45, 2.75) is 24.8 Å². The Labute approximate surface area is 208 Å². The van der Waals surface area contributed by atoms with E-state index < -0.39 is 11.4 Å². The second-order valence-corrected chi connectivity index (χ2v) is 9.01. The minimum atomic E-state index is -1.13. The fraction of sp³-hybridized carbons (Fsp3) is 0.207. The number of nitrogens with zero attached hydrogens (tertiary/aromatic N) is 1. The zero-order valence-electron chi connectivity index (χ0n) is 20.1. The number of imide groups is 1. The third-order valence-corrected chi connectivity index (χ3v) is 6.87. The standard InChI is InChI=1S/C29H26N2O5/c1-35-22-10-6-9-20(13-22)15-29(16-26(32)31(28(29)34)18-19-7-4-3-5-8-19)21-11-12-25-23(14-21)24(17-30-25)27(33)36-2/h3-14,17,30H,15-16,18H2,1-2H3. The maximum Gasteiger partial charge on any atom is 0.340 e. The average Bonchev–Trinajstić information content (AvgIpc) is 3.43. The minimum absolute atomic E-state index is 0.0271. The number of aromatic amines is 1. The lowest BCUT2D eigenvalue weighted by atomic mass is 9.73. The normalized spacial score (nSPS) is 17.6. The number of hydrogen-bond acceptors (Lipinski definition) is 5. The number of ether oxygens (including phenoxy) is 2. The Morgan fingerprint density at radius 1 is 0.972 bits per heavy atom. The van der Waals surface area contributed by atoms with Crippen molar-refractivity contribution in [3.63, 3.8) is 0 Å². The predicted molar refractivity (Wildman–Crippen MR) is 135 cm³/mol. The molecule has 1 aliphatic rings. The second-order valence-electron chi connectivity index (χ2n) is 9.01. The highest BCUT2D eigenvalue weighted by Gasteiger charge is 2.52. The number of nitrogens with one attached hydrogen (secondary N) is 1. The molecule has 36 heavy (non-hydrogen) atoms. The number of amides is 2. The van der Waals surface area contributed by atoms with E-state index in [4.69, 9.17) is 9.47 Å². The lowest BCUT2D eigenvalue weighted by Crippen LogP contribution is -2.40. The van der Waals surface area contributed by atoms with Gasteiger partial charge in [0.25, 0.3) is 0 Å². The molecule has 0 saturated carbocycles. The van der Waals surface area contributed by atoms with Crippen LogP contribution in [0, 0.1) is 0 Å². The molecule has 1 N–H and O–H groups in total. The van der Waals surface area contributed by atoms with E-state index in [-0.39, 0.29) is 24.8 Å². The van der Waals surface area contributed by atoms with Gasteiger partial charge in [0.15, 0.2) is 0 Å². The number of fused-ring (bicyclic) bond motifs is 1. The van der Waals surface area contributed by atoms with Crippen LogP contribution in [-0.2, 0) is 32.7 Å². The number of rotatable bonds is 7. The first-order valence-electron chi connectivity index (χ1n) is 11.7. The van der Waals surface area contributed by atoms with Crippen LogP contribution in [-0.4, -0.2) is 41.9 Å². The third kappa shape index (κ3) is 4.02. The van der Waals surface area contributed by atoms with E-state index >= 15 is 0 Å². The molecular formula is C29H26N2O5. The highest BCUT2D eigenvalue weighted by atomic mass is 16.5. The Morgan fingerprint density at radius 3 is 2.50 bits per heavy atom. The molecule has 5 rings (SSSR count). The second kappa shape index (κ2) is 9.34. The van der Waals surface area contributed by atoms with E-state index in [1.165, 1.54) is 12.0 Å². The van der Waals surface area contributed by atoms with Crippen LogP contribution in [0.25, 0.3) is 10.9 Å². The fourth-order valence-electron chi connectivity index (χ4n) is 5.02. The molecule has 4 aromatic rings. The van der Waals surface area contributed by atoms with Crippen molar-refractivity contribution in [2.75, 3.05) is 14.2 Å². The number of methoxy groups -OCH3 is 2. The van der Waals surface area contributed by atoms with Crippen LogP contribution in [0.4, 0.5) is 0 Å². The molecule has 2 heterocycles. The number of H-pyrrole nitrogens is 1. The molecule has 1 aromatic heterocycles. The van der Waals surface area contributed by atoms with Crippen LogP contribution in [0.15, 0.2) is 79.0 Å². The lowest BCUT2D eigenvalue weighted by molar-refractivity contribution is -0.140. The van der Waals surface area contributed by atoms with Crippen LogP contribution >= 0.6 is 0 Å². The van der Waals surface area contributed by atoms with Gasteiger partial charge in [-0.3, -0.25) is 14.5 Å². The highest BCUT2D eigenvalue weighted by molar-refractivity contribution is 6.10. The van der Waals surface area contributed by atoms with E-state index in [2.05, 4.69) is 4.98 Å². The van der Waals surface area contributed by atoms with E-state index in [0.717, 1.165) is 16.6 Å². The zero-order chi connectivity index (χ0) is 25.3. The smallest absolute Gasteiger partial charge is 0.340 e. The molecule has 3 aromatic carbocycles. The van der Waals surface area contributed by atoms with Crippen molar-refractivity contribution in [3.8, 4) is 5.75 Å². The number of benzene rings is 3. The van der Waals surface area contributed by atoms with Gasteiger partial charge in [0.05, 0.1) is 31.7 Å². The van der Waals surface area contributed by atoms with Gasteiger partial charge in [0.2, 0.25) is 11.8 Å². The van der Waals surface area contributed by atoms with E-state index in [1.54, 1.807) is 13.3 Å². The molecule has 182 valence electrons. The molecule has 1 fully saturated rings. The topological polar surface area (TPSA) is 88.7 Å². The number of carbonyl (C=O) groups is 3. The van der Waals surface area contributed by atoms with Crippen LogP contribution in [0.5, 0.6) is 5.75 Å². The Kier molecular flexibility index (Phi) is 6.06. The first-order valence-corrected chi connectivity index (χ1v) is 11.7. The third-order valence-electron chi connectivity index (χ3n) is 6.87. The van der Waals surface area contributed by atoms with Gasteiger partial charge in [0, 0.05) is 23.5 Å². The molecule has 0 radical (unpaired) electrons. The van der Waals surface area contributed by atoms with Crippen LogP contribution in [0.3, 0.4) is 0 Å². The monoisotopic (exact) mass is 482 g/mol. The number of hydrogen-bond donors (Lipinski definition) is 1. The van der Waals surface area contributed by atoms with Crippen LogP contribution in [0.1, 0.15) is 33.5 Å². The minimum Gasteiger partial charge on any atom is -0.497 e. The highest BCUT2D eigenvalue weighted by Crippen LogP contribution is 2.42. The summed E-state index contributed by atoms with van der Waals surface area (Å²) in [6.07, 6.45) is 1.93. The largest absolute Gasteiger partial charge is 0.497 e. The first-order chi connectivity index (χ1) is 17.4. The molecule has 0 spiro atoms. The summed E-state index contributed by atoms with van der Waals surface area (Å²) < 4.78 is 10.3. The van der Waals surface area contributed by atoms with E-state index in [0.29, 0.717) is 28.7 Å². The Morgan fingerprint density at radius 2 is 1.75 bits per heavy atom. The molecule has 1 aliphatic heterocycles. The fourth-order valence-corrected chi connectivity index (χ4v) is 5.02. The summed E-state index contributed by atoms with van der Waals surface area (Å²) >= 11 is 0. The number of carbonyl (C=O) groups excluding carboxylic acids is 3. The number of likely N-dealkylation sites (tertiary alicyclic amines) is 1. The Bertz CT molecular complexity index is 1460. The summed E-state index contributed by atoms with van der Waals surface area (Å²) in [4.78, 5) is 44.2. The molecule has 7 heteroatoms. The lowest BCUT2D eigenvalue weighted by Gasteiger charge is -2.28. The molecule has 0 bridgehead atoms. The maximum absolute atomic E-state index is 14.1. The first kappa shape index (κ1) is 23.4. The number of esters is 1. The summed E-state index contributed by atoms with van der Waals surface area (Å²) in [6, 6.07) is 22.5. The molecule has 1 atom stereocenters. The molecule has 1 saturated heterocycles.